The first-order valence-corrected chi connectivity index (χ1v) is 11.2. The average Bonchev–Trinajstić information content (AvgIpc) is 3.61. The first kappa shape index (κ1) is 27.4. The van der Waals surface area contributed by atoms with E-state index in [1.54, 1.807) is 12.1 Å². The van der Waals surface area contributed by atoms with Crippen LogP contribution in [0.3, 0.4) is 0 Å². The molecular formula is C25H20N2O13. The molecule has 0 amide bonds. The molecule has 0 radical (unpaired) electrons. The van der Waals surface area contributed by atoms with E-state index in [1.165, 1.54) is 19.2 Å². The molecule has 0 saturated carbocycles. The minimum atomic E-state index is -0.973. The zero-order chi connectivity index (χ0) is 29.0. The van der Waals surface area contributed by atoms with Crippen molar-refractivity contribution < 1.29 is 52.5 Å². The highest BCUT2D eigenvalue weighted by atomic mass is 16.7. The van der Waals surface area contributed by atoms with Gasteiger partial charge in [0.15, 0.2) is 23.0 Å². The van der Waals surface area contributed by atoms with Crippen molar-refractivity contribution in [1.29, 1.82) is 0 Å². The number of fused-ring (bicyclic) bond motifs is 3. The van der Waals surface area contributed by atoms with Crippen molar-refractivity contribution in [2.45, 2.75) is 0 Å². The van der Waals surface area contributed by atoms with Gasteiger partial charge in [-0.3, -0.25) is 14.9 Å². The first-order chi connectivity index (χ1) is 19.2. The second-order valence-electron chi connectivity index (χ2n) is 7.86. The Kier molecular flexibility index (Phi) is 7.84. The molecule has 0 fully saturated rings. The normalized spacial score (nSPS) is 12.1. The van der Waals surface area contributed by atoms with Gasteiger partial charge in [-0.25, -0.2) is 14.4 Å². The SMILES string of the molecule is COC(=O)C(=Cc1cc2c(cc1[N+](=O)[O-])OCO2)C(=O)OC.COC(=O)c1cc2cc3c(cc2[nH]c1=O)OCO3. The molecule has 1 aromatic heterocycles. The van der Waals surface area contributed by atoms with Gasteiger partial charge in [-0.2, -0.15) is 0 Å². The minimum absolute atomic E-state index is 0.0138. The van der Waals surface area contributed by atoms with Gasteiger partial charge in [-0.15, -0.1) is 0 Å². The van der Waals surface area contributed by atoms with Crippen LogP contribution in [0.25, 0.3) is 17.0 Å². The van der Waals surface area contributed by atoms with Crippen molar-refractivity contribution in [3.05, 3.63) is 67.5 Å². The monoisotopic (exact) mass is 556 g/mol. The summed E-state index contributed by atoms with van der Waals surface area (Å²) in [6.45, 7) is 0.0836. The molecule has 0 atom stereocenters. The molecular weight excluding hydrogens is 536 g/mol. The summed E-state index contributed by atoms with van der Waals surface area (Å²) in [7, 11) is 3.38. The molecule has 0 spiro atoms. The number of hydrogen-bond donors (Lipinski definition) is 1. The molecule has 1 N–H and O–H groups in total. The molecule has 15 heteroatoms. The van der Waals surface area contributed by atoms with Crippen molar-refractivity contribution in [2.24, 2.45) is 0 Å². The predicted octanol–water partition coefficient (Wildman–Crippen LogP) is 2.10. The number of pyridine rings is 1. The molecule has 15 nitrogen and oxygen atoms in total. The second-order valence-corrected chi connectivity index (χ2v) is 7.86. The molecule has 208 valence electrons. The van der Waals surface area contributed by atoms with E-state index >= 15 is 0 Å². The van der Waals surface area contributed by atoms with Gasteiger partial charge in [0, 0.05) is 11.5 Å². The standard InChI is InChI=1S/C13H11NO8.C12H9NO5/c1-19-12(15)8(13(16)20-2)3-7-4-10-11(22-6-21-10)5-9(7)14(17)18;1-16-12(15)7-2-6-3-9-10(18-5-17-9)4-8(6)13-11(7)14/h3-5H,6H2,1-2H3;2-4H,5H2,1H3,(H,13,14). The number of nitrogens with zero attached hydrogens (tertiary/aromatic N) is 1. The van der Waals surface area contributed by atoms with E-state index in [4.69, 9.17) is 18.9 Å². The minimum Gasteiger partial charge on any atom is -0.465 e. The fraction of sp³-hybridized carbons (Fsp3) is 0.200. The maximum Gasteiger partial charge on any atom is 0.345 e. The molecule has 2 aliphatic heterocycles. The van der Waals surface area contributed by atoms with Crippen molar-refractivity contribution in [1.82, 2.24) is 4.98 Å². The van der Waals surface area contributed by atoms with E-state index in [-0.39, 0.29) is 41.9 Å². The number of nitrogens with one attached hydrogen (secondary N) is 1. The van der Waals surface area contributed by atoms with E-state index in [0.29, 0.717) is 22.4 Å². The third-order valence-corrected chi connectivity index (χ3v) is 5.57. The number of methoxy groups -OCH3 is 3. The topological polar surface area (TPSA) is 192 Å². The summed E-state index contributed by atoms with van der Waals surface area (Å²) >= 11 is 0. The van der Waals surface area contributed by atoms with E-state index in [1.807, 2.05) is 0 Å². The van der Waals surface area contributed by atoms with Gasteiger partial charge in [0.05, 0.1) is 43.4 Å². The van der Waals surface area contributed by atoms with E-state index in [0.717, 1.165) is 26.4 Å². The number of rotatable bonds is 5. The predicted molar refractivity (Wildman–Crippen MR) is 133 cm³/mol. The largest absolute Gasteiger partial charge is 0.465 e. The van der Waals surface area contributed by atoms with Crippen LogP contribution in [0.1, 0.15) is 15.9 Å². The Morgan fingerprint density at radius 2 is 1.40 bits per heavy atom. The zero-order valence-electron chi connectivity index (χ0n) is 21.1. The van der Waals surface area contributed by atoms with Gasteiger partial charge in [0.2, 0.25) is 13.6 Å². The summed E-state index contributed by atoms with van der Waals surface area (Å²) in [5.41, 5.74) is -0.796. The Balaban J connectivity index is 0.000000188. The second kappa shape index (κ2) is 11.4. The number of nitro benzene ring substituents is 1. The highest BCUT2D eigenvalue weighted by molar-refractivity contribution is 6.17. The highest BCUT2D eigenvalue weighted by Crippen LogP contribution is 2.39. The quantitative estimate of drug-likeness (QED) is 0.0914. The van der Waals surface area contributed by atoms with Gasteiger partial charge < -0.3 is 38.1 Å². The van der Waals surface area contributed by atoms with Crippen LogP contribution >= 0.6 is 0 Å². The molecule has 0 saturated heterocycles. The number of nitro groups is 1. The number of ether oxygens (including phenoxy) is 7. The summed E-state index contributed by atoms with van der Waals surface area (Å²) in [6.07, 6.45) is 1.01. The van der Waals surface area contributed by atoms with Crippen LogP contribution in [-0.4, -0.2) is 62.7 Å². The van der Waals surface area contributed by atoms with Gasteiger partial charge in [0.25, 0.3) is 11.2 Å². The number of esters is 3. The van der Waals surface area contributed by atoms with Crippen LogP contribution in [0, 0.1) is 10.1 Å². The van der Waals surface area contributed by atoms with E-state index < -0.39 is 34.0 Å². The number of carbonyl (C=O) groups excluding carboxylic acids is 3. The molecule has 3 aromatic rings. The maximum atomic E-state index is 11.7. The average molecular weight is 556 g/mol. The lowest BCUT2D eigenvalue weighted by molar-refractivity contribution is -0.385. The fourth-order valence-electron chi connectivity index (χ4n) is 3.65. The summed E-state index contributed by atoms with van der Waals surface area (Å²) in [5, 5.41) is 11.8. The molecule has 2 aromatic carbocycles. The van der Waals surface area contributed by atoms with Crippen molar-refractivity contribution in [2.75, 3.05) is 34.9 Å². The molecule has 40 heavy (non-hydrogen) atoms. The molecule has 0 unspecified atom stereocenters. The van der Waals surface area contributed by atoms with Crippen LogP contribution < -0.4 is 24.5 Å². The highest BCUT2D eigenvalue weighted by Gasteiger charge is 2.26. The summed E-state index contributed by atoms with van der Waals surface area (Å²) in [6, 6.07) is 7.30. The van der Waals surface area contributed by atoms with E-state index in [9.17, 15) is 29.3 Å². The Morgan fingerprint density at radius 3 is 1.95 bits per heavy atom. The third-order valence-electron chi connectivity index (χ3n) is 5.57. The van der Waals surface area contributed by atoms with Crippen LogP contribution in [0.5, 0.6) is 23.0 Å². The lowest BCUT2D eigenvalue weighted by atomic mass is 10.1. The Bertz CT molecular complexity index is 1610. The van der Waals surface area contributed by atoms with Crippen molar-refractivity contribution in [3.63, 3.8) is 0 Å². The molecule has 5 rings (SSSR count). The zero-order valence-corrected chi connectivity index (χ0v) is 21.1. The van der Waals surface area contributed by atoms with Crippen LogP contribution in [-0.2, 0) is 23.8 Å². The first-order valence-electron chi connectivity index (χ1n) is 11.2. The smallest absolute Gasteiger partial charge is 0.345 e. The summed E-state index contributed by atoms with van der Waals surface area (Å²) in [5.74, 6) is -0.977. The van der Waals surface area contributed by atoms with Crippen LogP contribution in [0.15, 0.2) is 40.7 Å². The number of aromatic amines is 1. The Morgan fingerprint density at radius 1 is 0.850 bits per heavy atom. The molecule has 2 aliphatic rings. The lowest BCUT2D eigenvalue weighted by Crippen LogP contribution is -2.18. The number of aromatic nitrogens is 1. The van der Waals surface area contributed by atoms with Crippen molar-refractivity contribution in [3.8, 4) is 23.0 Å². The Labute approximate surface area is 223 Å². The third kappa shape index (κ3) is 5.47. The molecule has 0 aliphatic carbocycles. The summed E-state index contributed by atoms with van der Waals surface area (Å²) in [4.78, 5) is 59.4. The summed E-state index contributed by atoms with van der Waals surface area (Å²) < 4.78 is 34.1. The van der Waals surface area contributed by atoms with Gasteiger partial charge in [0.1, 0.15) is 11.1 Å². The fourth-order valence-corrected chi connectivity index (χ4v) is 3.65. The van der Waals surface area contributed by atoms with Gasteiger partial charge in [-0.1, -0.05) is 0 Å². The van der Waals surface area contributed by atoms with Gasteiger partial charge >= 0.3 is 17.9 Å². The number of H-pyrrole nitrogens is 1. The number of hydrogen-bond acceptors (Lipinski definition) is 13. The lowest BCUT2D eigenvalue weighted by Gasteiger charge is -2.05. The van der Waals surface area contributed by atoms with Crippen LogP contribution in [0.2, 0.25) is 0 Å². The number of benzene rings is 2. The Hall–Kier alpha value is -5.60. The van der Waals surface area contributed by atoms with Crippen LogP contribution in [0.4, 0.5) is 5.69 Å². The maximum absolute atomic E-state index is 11.7. The molecule has 0 bridgehead atoms. The van der Waals surface area contributed by atoms with E-state index in [2.05, 4.69) is 19.2 Å². The number of carbonyl (C=O) groups is 3. The van der Waals surface area contributed by atoms with Crippen molar-refractivity contribution >= 4 is 40.6 Å². The van der Waals surface area contributed by atoms with Gasteiger partial charge in [-0.05, 0) is 24.3 Å². The molecule has 3 heterocycles.